The molecule has 1 aliphatic carbocycles. The van der Waals surface area contributed by atoms with Gasteiger partial charge in [0, 0.05) is 32.7 Å². The van der Waals surface area contributed by atoms with Crippen molar-refractivity contribution in [2.24, 2.45) is 4.99 Å². The minimum absolute atomic E-state index is 0. The van der Waals surface area contributed by atoms with E-state index in [0.29, 0.717) is 18.2 Å². The van der Waals surface area contributed by atoms with Gasteiger partial charge in [0.2, 0.25) is 0 Å². The molecule has 1 aliphatic rings. The lowest BCUT2D eigenvalue weighted by Gasteiger charge is -2.14. The van der Waals surface area contributed by atoms with Crippen LogP contribution in [0.3, 0.4) is 0 Å². The molecule has 0 radical (unpaired) electrons. The molecule has 0 unspecified atom stereocenters. The number of ether oxygens (including phenoxy) is 1. The lowest BCUT2D eigenvalue weighted by molar-refractivity contribution is 0.0827. The summed E-state index contributed by atoms with van der Waals surface area (Å²) in [5, 5.41) is 6.70. The first-order chi connectivity index (χ1) is 15.5. The summed E-state index contributed by atoms with van der Waals surface area (Å²) in [7, 11) is 3.51. The highest BCUT2D eigenvalue weighted by Crippen LogP contribution is 2.24. The topological polar surface area (TPSA) is 66.0 Å². The summed E-state index contributed by atoms with van der Waals surface area (Å²) < 4.78 is 6.05. The van der Waals surface area contributed by atoms with Crippen LogP contribution < -0.4 is 15.4 Å². The van der Waals surface area contributed by atoms with E-state index < -0.39 is 0 Å². The molecule has 2 N–H and O–H groups in total. The predicted molar refractivity (Wildman–Crippen MR) is 146 cm³/mol. The Labute approximate surface area is 215 Å². The molecule has 0 atom stereocenters. The number of carbonyl (C=O) groups excluding carboxylic acids is 1. The zero-order valence-electron chi connectivity index (χ0n) is 20.0. The first-order valence-corrected chi connectivity index (χ1v) is 11.6. The van der Waals surface area contributed by atoms with Crippen LogP contribution in [0.1, 0.15) is 54.1 Å². The second-order valence-corrected chi connectivity index (χ2v) is 8.44. The van der Waals surface area contributed by atoms with Crippen LogP contribution in [0.25, 0.3) is 0 Å². The summed E-state index contributed by atoms with van der Waals surface area (Å²) in [5.74, 6) is 1.78. The second kappa shape index (κ2) is 14.1. The van der Waals surface area contributed by atoms with Crippen molar-refractivity contribution in [2.45, 2.75) is 51.7 Å². The van der Waals surface area contributed by atoms with Gasteiger partial charge in [0.25, 0.3) is 5.91 Å². The molecule has 1 saturated carbocycles. The van der Waals surface area contributed by atoms with Gasteiger partial charge in [-0.05, 0) is 74.4 Å². The highest BCUT2D eigenvalue weighted by molar-refractivity contribution is 14.0. The summed E-state index contributed by atoms with van der Waals surface area (Å²) in [6.07, 6.45) is 6.23. The Balaban J connectivity index is 0.00000385. The Morgan fingerprint density at radius 2 is 1.64 bits per heavy atom. The fourth-order valence-electron chi connectivity index (χ4n) is 3.78. The van der Waals surface area contributed by atoms with Crippen LogP contribution in [0.4, 0.5) is 0 Å². The first-order valence-electron chi connectivity index (χ1n) is 11.6. The van der Waals surface area contributed by atoms with Gasteiger partial charge in [0.15, 0.2) is 5.96 Å². The summed E-state index contributed by atoms with van der Waals surface area (Å²) >= 11 is 0. The highest BCUT2D eigenvalue weighted by atomic mass is 127. The smallest absolute Gasteiger partial charge is 0.253 e. The molecule has 2 aromatic carbocycles. The third-order valence-corrected chi connectivity index (χ3v) is 5.61. The van der Waals surface area contributed by atoms with Gasteiger partial charge in [-0.3, -0.25) is 4.79 Å². The first kappa shape index (κ1) is 27.0. The molecule has 0 heterocycles. The van der Waals surface area contributed by atoms with Gasteiger partial charge in [-0.15, -0.1) is 24.0 Å². The Morgan fingerprint density at radius 3 is 2.24 bits per heavy atom. The number of amides is 1. The SMILES string of the molecule is CCNC(=NCc1ccc(C(=O)N(C)C)cc1)NCCc1ccc(OC2CCCC2)cc1.I. The molecule has 0 bridgehead atoms. The fourth-order valence-corrected chi connectivity index (χ4v) is 3.78. The van der Waals surface area contributed by atoms with Gasteiger partial charge in [-0.1, -0.05) is 24.3 Å². The Morgan fingerprint density at radius 1 is 1.00 bits per heavy atom. The summed E-state index contributed by atoms with van der Waals surface area (Å²) in [6.45, 7) is 4.21. The van der Waals surface area contributed by atoms with Gasteiger partial charge in [-0.2, -0.15) is 0 Å². The van der Waals surface area contributed by atoms with Crippen molar-refractivity contribution in [1.82, 2.24) is 15.5 Å². The molecule has 7 heteroatoms. The fraction of sp³-hybridized carbons (Fsp3) is 0.462. The van der Waals surface area contributed by atoms with Gasteiger partial charge >= 0.3 is 0 Å². The van der Waals surface area contributed by atoms with Gasteiger partial charge in [0.05, 0.1) is 12.6 Å². The Bertz CT molecular complexity index is 876. The summed E-state index contributed by atoms with van der Waals surface area (Å²) in [5.41, 5.74) is 3.02. The number of rotatable bonds is 9. The van der Waals surface area contributed by atoms with Crippen LogP contribution in [0.15, 0.2) is 53.5 Å². The second-order valence-electron chi connectivity index (χ2n) is 8.44. The lowest BCUT2D eigenvalue weighted by Crippen LogP contribution is -2.38. The van der Waals surface area contributed by atoms with Crippen LogP contribution >= 0.6 is 24.0 Å². The number of hydrogen-bond acceptors (Lipinski definition) is 3. The molecular weight excluding hydrogens is 527 g/mol. The third kappa shape index (κ3) is 8.87. The maximum absolute atomic E-state index is 12.0. The number of hydrogen-bond donors (Lipinski definition) is 2. The normalized spacial score (nSPS) is 13.8. The quantitative estimate of drug-likeness (QED) is 0.265. The predicted octanol–water partition coefficient (Wildman–Crippen LogP) is 4.63. The van der Waals surface area contributed by atoms with E-state index in [4.69, 9.17) is 4.74 Å². The van der Waals surface area contributed by atoms with E-state index in [1.54, 1.807) is 19.0 Å². The van der Waals surface area contributed by atoms with Crippen molar-refractivity contribution >= 4 is 35.8 Å². The van der Waals surface area contributed by atoms with Crippen LogP contribution in [0, 0.1) is 0 Å². The third-order valence-electron chi connectivity index (χ3n) is 5.61. The molecule has 1 amide bonds. The van der Waals surface area contributed by atoms with Crippen molar-refractivity contribution < 1.29 is 9.53 Å². The molecule has 2 aromatic rings. The van der Waals surface area contributed by atoms with E-state index in [1.165, 1.54) is 31.2 Å². The maximum atomic E-state index is 12.0. The minimum Gasteiger partial charge on any atom is -0.490 e. The molecule has 33 heavy (non-hydrogen) atoms. The monoisotopic (exact) mass is 564 g/mol. The van der Waals surface area contributed by atoms with E-state index >= 15 is 0 Å². The van der Waals surface area contributed by atoms with E-state index in [1.807, 2.05) is 24.3 Å². The molecule has 1 fully saturated rings. The number of aliphatic imine (C=N–C) groups is 1. The Kier molecular flexibility index (Phi) is 11.5. The zero-order chi connectivity index (χ0) is 22.8. The molecule has 3 rings (SSSR count). The molecular formula is C26H37IN4O2. The number of nitrogens with one attached hydrogen (secondary N) is 2. The molecule has 0 spiro atoms. The minimum atomic E-state index is 0. The highest BCUT2D eigenvalue weighted by Gasteiger charge is 2.16. The molecule has 6 nitrogen and oxygen atoms in total. The van der Waals surface area contributed by atoms with Crippen molar-refractivity contribution in [1.29, 1.82) is 0 Å². The summed E-state index contributed by atoms with van der Waals surface area (Å²) in [6, 6.07) is 16.1. The Hall–Kier alpha value is -2.29. The summed E-state index contributed by atoms with van der Waals surface area (Å²) in [4.78, 5) is 18.3. The number of carbonyl (C=O) groups is 1. The standard InChI is InChI=1S/C26H36N4O2.HI/c1-4-27-26(29-19-21-9-13-22(14-10-21)25(31)30(2)3)28-18-17-20-11-15-24(16-12-20)32-23-7-5-6-8-23;/h9-16,23H,4-8,17-19H2,1-3H3,(H2,27,28,29);1H. The van der Waals surface area contributed by atoms with Crippen LogP contribution in [0.5, 0.6) is 5.75 Å². The molecule has 180 valence electrons. The van der Waals surface area contributed by atoms with Crippen LogP contribution in [-0.4, -0.2) is 50.1 Å². The molecule has 0 saturated heterocycles. The maximum Gasteiger partial charge on any atom is 0.253 e. The van der Waals surface area contributed by atoms with Crippen molar-refractivity contribution in [3.8, 4) is 5.75 Å². The van der Waals surface area contributed by atoms with Crippen molar-refractivity contribution in [3.63, 3.8) is 0 Å². The number of halogens is 1. The van der Waals surface area contributed by atoms with E-state index in [9.17, 15) is 4.79 Å². The number of nitrogens with zero attached hydrogens (tertiary/aromatic N) is 2. The molecule has 0 aromatic heterocycles. The van der Waals surface area contributed by atoms with Crippen LogP contribution in [0.2, 0.25) is 0 Å². The van der Waals surface area contributed by atoms with Gasteiger partial charge in [-0.25, -0.2) is 4.99 Å². The van der Waals surface area contributed by atoms with Crippen LogP contribution in [-0.2, 0) is 13.0 Å². The van der Waals surface area contributed by atoms with E-state index in [-0.39, 0.29) is 29.9 Å². The molecule has 0 aliphatic heterocycles. The van der Waals surface area contributed by atoms with Gasteiger partial charge < -0.3 is 20.3 Å². The van der Waals surface area contributed by atoms with Crippen molar-refractivity contribution in [3.05, 3.63) is 65.2 Å². The zero-order valence-corrected chi connectivity index (χ0v) is 22.3. The average Bonchev–Trinajstić information content (AvgIpc) is 3.31. The van der Waals surface area contributed by atoms with Crippen molar-refractivity contribution in [2.75, 3.05) is 27.2 Å². The largest absolute Gasteiger partial charge is 0.490 e. The number of benzene rings is 2. The average molecular weight is 565 g/mol. The lowest BCUT2D eigenvalue weighted by atomic mass is 10.1. The van der Waals surface area contributed by atoms with E-state index in [0.717, 1.165) is 36.8 Å². The number of guanidine groups is 1. The van der Waals surface area contributed by atoms with Gasteiger partial charge in [0.1, 0.15) is 5.75 Å². The van der Waals surface area contributed by atoms with E-state index in [2.05, 4.69) is 46.8 Å².